The van der Waals surface area contributed by atoms with Crippen molar-refractivity contribution in [3.63, 3.8) is 0 Å². The average molecular weight is 379 g/mol. The number of sulfonamides is 1. The topological polar surface area (TPSA) is 83.9 Å². The van der Waals surface area contributed by atoms with Crippen LogP contribution in [-0.2, 0) is 14.8 Å². The molecule has 0 saturated carbocycles. The van der Waals surface area contributed by atoms with Crippen molar-refractivity contribution < 1.29 is 22.6 Å². The summed E-state index contributed by atoms with van der Waals surface area (Å²) in [5.74, 6) is -0.800. The van der Waals surface area contributed by atoms with Gasteiger partial charge in [0.25, 0.3) is 0 Å². The van der Waals surface area contributed by atoms with Gasteiger partial charge in [0.05, 0.1) is 11.4 Å². The van der Waals surface area contributed by atoms with Gasteiger partial charge >= 0.3 is 0 Å². The van der Waals surface area contributed by atoms with Crippen LogP contribution in [0.4, 0.5) is 10.1 Å². The van der Waals surface area contributed by atoms with Crippen LogP contribution in [0, 0.1) is 5.82 Å². The van der Waals surface area contributed by atoms with Gasteiger partial charge in [-0.25, -0.2) is 22.5 Å². The molecule has 0 aliphatic carbocycles. The standard InChI is InChI=1S/C17H19FN4O3S/c18-14-1-3-16(4-2-14)26(24,25)20-13-17(23)22-11-9-21(10-12-22)15-5-7-19-8-6-15/h1-8,20H,9-13H2/p+1. The molecule has 0 radical (unpaired) electrons. The Morgan fingerprint density at radius 3 is 2.27 bits per heavy atom. The first-order valence-corrected chi connectivity index (χ1v) is 9.68. The number of rotatable bonds is 5. The summed E-state index contributed by atoms with van der Waals surface area (Å²) in [6.45, 7) is 2.09. The van der Waals surface area contributed by atoms with Crippen molar-refractivity contribution in [1.29, 1.82) is 0 Å². The highest BCUT2D eigenvalue weighted by molar-refractivity contribution is 7.89. The Morgan fingerprint density at radius 2 is 1.65 bits per heavy atom. The predicted molar refractivity (Wildman–Crippen MR) is 93.4 cm³/mol. The van der Waals surface area contributed by atoms with Crippen LogP contribution in [0.5, 0.6) is 0 Å². The zero-order valence-corrected chi connectivity index (χ0v) is 14.9. The Kier molecular flexibility index (Phi) is 5.48. The maximum absolute atomic E-state index is 12.9. The highest BCUT2D eigenvalue weighted by Crippen LogP contribution is 2.14. The Hall–Kier alpha value is -2.52. The molecule has 1 saturated heterocycles. The first kappa shape index (κ1) is 18.3. The number of aromatic nitrogens is 1. The van der Waals surface area contributed by atoms with Crippen LogP contribution < -0.4 is 14.6 Å². The van der Waals surface area contributed by atoms with E-state index in [1.165, 1.54) is 0 Å². The summed E-state index contributed by atoms with van der Waals surface area (Å²) in [4.78, 5) is 19.0. The van der Waals surface area contributed by atoms with Gasteiger partial charge in [0.15, 0.2) is 12.4 Å². The number of pyridine rings is 1. The molecule has 0 unspecified atom stereocenters. The lowest BCUT2D eigenvalue weighted by atomic mass is 10.2. The first-order valence-electron chi connectivity index (χ1n) is 8.20. The molecule has 2 N–H and O–H groups in total. The lowest BCUT2D eigenvalue weighted by molar-refractivity contribution is -0.377. The molecular weight excluding hydrogens is 359 g/mol. The average Bonchev–Trinajstić information content (AvgIpc) is 2.67. The molecule has 1 aromatic heterocycles. The van der Waals surface area contributed by atoms with Crippen LogP contribution in [0.25, 0.3) is 0 Å². The van der Waals surface area contributed by atoms with E-state index in [4.69, 9.17) is 0 Å². The Bertz CT molecular complexity index is 851. The van der Waals surface area contributed by atoms with Gasteiger partial charge in [0, 0.05) is 44.0 Å². The van der Waals surface area contributed by atoms with Gasteiger partial charge in [-0.3, -0.25) is 4.79 Å². The third-order valence-corrected chi connectivity index (χ3v) is 5.65. The molecule has 1 amide bonds. The van der Waals surface area contributed by atoms with Crippen LogP contribution in [0.1, 0.15) is 0 Å². The number of hydrogen-bond donors (Lipinski definition) is 1. The molecule has 1 aliphatic rings. The summed E-state index contributed by atoms with van der Waals surface area (Å²) in [6, 6.07) is 8.40. The van der Waals surface area contributed by atoms with Gasteiger partial charge in [-0.05, 0) is 24.3 Å². The maximum Gasteiger partial charge on any atom is 0.241 e. The third kappa shape index (κ3) is 4.36. The SMILES string of the molecule is O=C(CNS(=O)(=O)c1ccc(F)cc1)N1CCN(c2cc[nH+]cc2)CC1. The number of hydrogen-bond acceptors (Lipinski definition) is 4. The van der Waals surface area contributed by atoms with Gasteiger partial charge in [-0.1, -0.05) is 0 Å². The minimum Gasteiger partial charge on any atom is -0.368 e. The highest BCUT2D eigenvalue weighted by Gasteiger charge is 2.23. The van der Waals surface area contributed by atoms with E-state index in [-0.39, 0.29) is 17.3 Å². The quantitative estimate of drug-likeness (QED) is 0.808. The van der Waals surface area contributed by atoms with Crippen molar-refractivity contribution in [2.45, 2.75) is 4.90 Å². The van der Waals surface area contributed by atoms with Crippen molar-refractivity contribution in [3.05, 3.63) is 54.6 Å². The van der Waals surface area contributed by atoms with Gasteiger partial charge < -0.3 is 9.80 Å². The number of H-pyrrole nitrogens is 1. The van der Waals surface area contributed by atoms with Crippen LogP contribution in [-0.4, -0.2) is 51.9 Å². The molecule has 138 valence electrons. The van der Waals surface area contributed by atoms with Crippen LogP contribution in [0.2, 0.25) is 0 Å². The molecule has 1 aromatic carbocycles. The number of benzene rings is 1. The fourth-order valence-electron chi connectivity index (χ4n) is 2.77. The number of piperazine rings is 1. The van der Waals surface area contributed by atoms with E-state index in [0.29, 0.717) is 26.2 Å². The number of halogens is 1. The zero-order chi connectivity index (χ0) is 18.6. The van der Waals surface area contributed by atoms with Gasteiger partial charge in [-0.15, -0.1) is 0 Å². The highest BCUT2D eigenvalue weighted by atomic mass is 32.2. The van der Waals surface area contributed by atoms with E-state index in [1.807, 2.05) is 24.5 Å². The van der Waals surface area contributed by atoms with Crippen LogP contribution in [0.3, 0.4) is 0 Å². The fourth-order valence-corrected chi connectivity index (χ4v) is 3.74. The number of amides is 1. The van der Waals surface area contributed by atoms with Crippen molar-refractivity contribution in [3.8, 4) is 0 Å². The van der Waals surface area contributed by atoms with E-state index in [0.717, 1.165) is 30.0 Å². The Morgan fingerprint density at radius 1 is 1.04 bits per heavy atom. The normalized spacial score (nSPS) is 15.1. The second-order valence-electron chi connectivity index (χ2n) is 5.90. The van der Waals surface area contributed by atoms with Crippen molar-refractivity contribution >= 4 is 21.6 Å². The van der Waals surface area contributed by atoms with Crippen LogP contribution in [0.15, 0.2) is 53.7 Å². The minimum atomic E-state index is -3.84. The molecule has 9 heteroatoms. The number of nitrogens with zero attached hydrogens (tertiary/aromatic N) is 2. The number of carbonyl (C=O) groups is 1. The molecule has 26 heavy (non-hydrogen) atoms. The number of nitrogens with one attached hydrogen (secondary N) is 2. The lowest BCUT2D eigenvalue weighted by Gasteiger charge is -2.35. The molecule has 2 aromatic rings. The van der Waals surface area contributed by atoms with E-state index in [1.54, 1.807) is 4.90 Å². The van der Waals surface area contributed by atoms with Crippen molar-refractivity contribution in [2.75, 3.05) is 37.6 Å². The summed E-state index contributed by atoms with van der Waals surface area (Å²) in [5.41, 5.74) is 1.08. The molecule has 2 heterocycles. The minimum absolute atomic E-state index is 0.0719. The molecule has 0 atom stereocenters. The van der Waals surface area contributed by atoms with E-state index < -0.39 is 15.8 Å². The second kappa shape index (κ2) is 7.79. The third-order valence-electron chi connectivity index (χ3n) is 4.24. The number of anilines is 1. The molecule has 1 aliphatic heterocycles. The summed E-state index contributed by atoms with van der Waals surface area (Å²) < 4.78 is 39.5. The van der Waals surface area contributed by atoms with Gasteiger partial charge in [0.1, 0.15) is 5.82 Å². The zero-order valence-electron chi connectivity index (χ0n) is 14.1. The number of aromatic amines is 1. The fraction of sp³-hybridized carbons (Fsp3) is 0.294. The smallest absolute Gasteiger partial charge is 0.241 e. The number of carbonyl (C=O) groups excluding carboxylic acids is 1. The summed E-state index contributed by atoms with van der Waals surface area (Å²) in [7, 11) is -3.84. The maximum atomic E-state index is 12.9. The summed E-state index contributed by atoms with van der Waals surface area (Å²) >= 11 is 0. The largest absolute Gasteiger partial charge is 0.368 e. The Labute approximate surface area is 151 Å². The molecule has 0 spiro atoms. The molecule has 7 nitrogen and oxygen atoms in total. The van der Waals surface area contributed by atoms with E-state index >= 15 is 0 Å². The van der Waals surface area contributed by atoms with Gasteiger partial charge in [-0.2, -0.15) is 0 Å². The molecular formula is C17H20FN4O3S+. The monoisotopic (exact) mass is 379 g/mol. The van der Waals surface area contributed by atoms with Crippen LogP contribution >= 0.6 is 0 Å². The first-order chi connectivity index (χ1) is 12.5. The second-order valence-corrected chi connectivity index (χ2v) is 7.67. The summed E-state index contributed by atoms with van der Waals surface area (Å²) in [6.07, 6.45) is 3.69. The predicted octanol–water partition coefficient (Wildman–Crippen LogP) is 0.267. The molecule has 0 bridgehead atoms. The van der Waals surface area contributed by atoms with Gasteiger partial charge in [0.2, 0.25) is 15.9 Å². The molecule has 1 fully saturated rings. The lowest BCUT2D eigenvalue weighted by Crippen LogP contribution is -2.51. The Balaban J connectivity index is 1.52. The molecule has 3 rings (SSSR count). The summed E-state index contributed by atoms with van der Waals surface area (Å²) in [5, 5.41) is 0. The van der Waals surface area contributed by atoms with E-state index in [2.05, 4.69) is 14.6 Å². The van der Waals surface area contributed by atoms with E-state index in [9.17, 15) is 17.6 Å². The van der Waals surface area contributed by atoms with Crippen molar-refractivity contribution in [1.82, 2.24) is 9.62 Å². The van der Waals surface area contributed by atoms with Crippen molar-refractivity contribution in [2.24, 2.45) is 0 Å².